The van der Waals surface area contributed by atoms with E-state index in [1.54, 1.807) is 0 Å². The molecule has 0 bridgehead atoms. The van der Waals surface area contributed by atoms with Gasteiger partial charge in [-0.15, -0.1) is 0 Å². The molecule has 2 nitrogen and oxygen atoms in total. The van der Waals surface area contributed by atoms with Crippen molar-refractivity contribution in [2.45, 2.75) is 39.2 Å². The van der Waals surface area contributed by atoms with Gasteiger partial charge in [0, 0.05) is 17.5 Å². The van der Waals surface area contributed by atoms with Crippen molar-refractivity contribution in [3.63, 3.8) is 0 Å². The molecular formula is C14H19BrO2. The van der Waals surface area contributed by atoms with E-state index in [0.29, 0.717) is 6.10 Å². The Hall–Kier alpha value is -0.540. The van der Waals surface area contributed by atoms with Gasteiger partial charge < -0.3 is 9.47 Å². The lowest BCUT2D eigenvalue weighted by Crippen LogP contribution is -2.10. The van der Waals surface area contributed by atoms with E-state index in [2.05, 4.69) is 41.9 Å². The van der Waals surface area contributed by atoms with E-state index in [0.717, 1.165) is 25.4 Å². The van der Waals surface area contributed by atoms with Gasteiger partial charge in [0.2, 0.25) is 0 Å². The summed E-state index contributed by atoms with van der Waals surface area (Å²) < 4.78 is 12.5. The van der Waals surface area contributed by atoms with Crippen LogP contribution in [0, 0.1) is 13.8 Å². The van der Waals surface area contributed by atoms with Crippen LogP contribution in [0.2, 0.25) is 0 Å². The van der Waals surface area contributed by atoms with Crippen molar-refractivity contribution in [3.8, 4) is 5.75 Å². The van der Waals surface area contributed by atoms with E-state index in [1.165, 1.54) is 28.4 Å². The van der Waals surface area contributed by atoms with E-state index < -0.39 is 0 Å². The van der Waals surface area contributed by atoms with Gasteiger partial charge in [-0.2, -0.15) is 0 Å². The second kappa shape index (κ2) is 5.87. The molecule has 1 aromatic rings. The highest BCUT2D eigenvalue weighted by Crippen LogP contribution is 2.26. The van der Waals surface area contributed by atoms with E-state index >= 15 is 0 Å². The Morgan fingerprint density at radius 2 is 2.06 bits per heavy atom. The largest absolute Gasteiger partial charge is 0.493 e. The molecule has 1 saturated heterocycles. The van der Waals surface area contributed by atoms with Crippen LogP contribution in [0.15, 0.2) is 16.6 Å². The first-order valence-corrected chi connectivity index (χ1v) is 6.97. The molecule has 2 rings (SSSR count). The Bertz CT molecular complexity index is 361. The monoisotopic (exact) mass is 298 g/mol. The zero-order chi connectivity index (χ0) is 12.3. The Morgan fingerprint density at radius 3 is 2.65 bits per heavy atom. The smallest absolute Gasteiger partial charge is 0.119 e. The van der Waals surface area contributed by atoms with Crippen molar-refractivity contribution in [2.24, 2.45) is 0 Å². The third-order valence-corrected chi connectivity index (χ3v) is 4.39. The summed E-state index contributed by atoms with van der Waals surface area (Å²) in [5.74, 6) is 0.959. The fourth-order valence-corrected chi connectivity index (χ4v) is 2.40. The van der Waals surface area contributed by atoms with Crippen molar-refractivity contribution < 1.29 is 9.47 Å². The first-order chi connectivity index (χ1) is 8.16. The number of benzene rings is 1. The summed E-state index contributed by atoms with van der Waals surface area (Å²) in [6.07, 6.45) is 3.78. The summed E-state index contributed by atoms with van der Waals surface area (Å²) >= 11 is 3.56. The van der Waals surface area contributed by atoms with E-state index in [-0.39, 0.29) is 0 Å². The van der Waals surface area contributed by atoms with Crippen LogP contribution < -0.4 is 4.74 Å². The lowest BCUT2D eigenvalue weighted by Gasteiger charge is -2.12. The molecule has 1 unspecified atom stereocenters. The van der Waals surface area contributed by atoms with E-state index in [1.807, 2.05) is 0 Å². The molecule has 0 aromatic heterocycles. The highest BCUT2D eigenvalue weighted by Gasteiger charge is 2.15. The summed E-state index contributed by atoms with van der Waals surface area (Å²) in [4.78, 5) is 0. The molecular weight excluding hydrogens is 280 g/mol. The lowest BCUT2D eigenvalue weighted by molar-refractivity contribution is 0.0903. The molecule has 0 spiro atoms. The van der Waals surface area contributed by atoms with Crippen LogP contribution in [-0.4, -0.2) is 19.3 Å². The second-order valence-electron chi connectivity index (χ2n) is 4.64. The van der Waals surface area contributed by atoms with Crippen molar-refractivity contribution in [2.75, 3.05) is 13.2 Å². The molecule has 0 saturated carbocycles. The van der Waals surface area contributed by atoms with Gasteiger partial charge in [0.05, 0.1) is 12.7 Å². The van der Waals surface area contributed by atoms with Crippen LogP contribution in [0.3, 0.4) is 0 Å². The van der Waals surface area contributed by atoms with Crippen LogP contribution in [-0.2, 0) is 4.74 Å². The molecule has 1 fully saturated rings. The average molecular weight is 299 g/mol. The topological polar surface area (TPSA) is 18.5 Å². The summed E-state index contributed by atoms with van der Waals surface area (Å²) in [5.41, 5.74) is 2.44. The lowest BCUT2D eigenvalue weighted by atomic mass is 10.1. The maximum atomic E-state index is 5.78. The summed E-state index contributed by atoms with van der Waals surface area (Å²) in [6.45, 7) is 5.83. The van der Waals surface area contributed by atoms with Crippen molar-refractivity contribution in [3.05, 3.63) is 27.7 Å². The fraction of sp³-hybridized carbons (Fsp3) is 0.571. The minimum Gasteiger partial charge on any atom is -0.493 e. The second-order valence-corrected chi connectivity index (χ2v) is 5.44. The van der Waals surface area contributed by atoms with E-state index in [9.17, 15) is 0 Å². The molecule has 1 atom stereocenters. The Kier molecular flexibility index (Phi) is 4.46. The number of rotatable bonds is 4. The normalized spacial score (nSPS) is 19.6. The maximum absolute atomic E-state index is 5.78. The van der Waals surface area contributed by atoms with Gasteiger partial charge in [-0.05, 0) is 49.9 Å². The molecule has 1 heterocycles. The molecule has 1 aliphatic rings. The molecule has 0 aliphatic carbocycles. The van der Waals surface area contributed by atoms with Gasteiger partial charge in [-0.3, -0.25) is 0 Å². The minimum absolute atomic E-state index is 0.410. The average Bonchev–Trinajstić information content (AvgIpc) is 2.79. The van der Waals surface area contributed by atoms with Gasteiger partial charge >= 0.3 is 0 Å². The van der Waals surface area contributed by atoms with Crippen LogP contribution >= 0.6 is 15.9 Å². The van der Waals surface area contributed by atoms with Crippen LogP contribution in [0.25, 0.3) is 0 Å². The van der Waals surface area contributed by atoms with Crippen molar-refractivity contribution in [1.29, 1.82) is 0 Å². The molecule has 0 N–H and O–H groups in total. The first kappa shape index (κ1) is 12.9. The molecule has 1 aromatic carbocycles. The zero-order valence-corrected chi connectivity index (χ0v) is 12.0. The van der Waals surface area contributed by atoms with Gasteiger partial charge in [0.25, 0.3) is 0 Å². The minimum atomic E-state index is 0.410. The zero-order valence-electron chi connectivity index (χ0n) is 10.5. The number of aryl methyl sites for hydroxylation is 2. The van der Waals surface area contributed by atoms with Gasteiger partial charge in [-0.25, -0.2) is 0 Å². The molecule has 0 amide bonds. The van der Waals surface area contributed by atoms with Gasteiger partial charge in [-0.1, -0.05) is 15.9 Å². The van der Waals surface area contributed by atoms with Crippen LogP contribution in [0.5, 0.6) is 5.75 Å². The number of hydrogen-bond donors (Lipinski definition) is 0. The molecule has 94 valence electrons. The Morgan fingerprint density at radius 1 is 1.35 bits per heavy atom. The summed E-state index contributed by atoms with van der Waals surface area (Å²) in [5, 5.41) is 0. The third kappa shape index (κ3) is 3.46. The third-order valence-electron chi connectivity index (χ3n) is 3.14. The molecule has 1 aliphatic heterocycles. The highest BCUT2D eigenvalue weighted by molar-refractivity contribution is 9.10. The number of halogens is 1. The van der Waals surface area contributed by atoms with Crippen LogP contribution in [0.1, 0.15) is 30.4 Å². The molecule has 17 heavy (non-hydrogen) atoms. The van der Waals surface area contributed by atoms with E-state index in [4.69, 9.17) is 9.47 Å². The molecule has 0 radical (unpaired) electrons. The molecule has 3 heteroatoms. The number of ether oxygens (including phenoxy) is 2. The Balaban J connectivity index is 1.86. The predicted octanol–water partition coefficient (Wildman–Crippen LogP) is 4.01. The summed E-state index contributed by atoms with van der Waals surface area (Å²) in [6, 6.07) is 4.15. The fourth-order valence-electron chi connectivity index (χ4n) is 2.17. The maximum Gasteiger partial charge on any atom is 0.119 e. The number of hydrogen-bond acceptors (Lipinski definition) is 2. The quantitative estimate of drug-likeness (QED) is 0.836. The summed E-state index contributed by atoms with van der Waals surface area (Å²) in [7, 11) is 0. The Labute approximate surface area is 111 Å². The predicted molar refractivity (Wildman–Crippen MR) is 72.7 cm³/mol. The van der Waals surface area contributed by atoms with Crippen molar-refractivity contribution in [1.82, 2.24) is 0 Å². The van der Waals surface area contributed by atoms with Crippen LogP contribution in [0.4, 0.5) is 0 Å². The van der Waals surface area contributed by atoms with Crippen molar-refractivity contribution >= 4 is 15.9 Å². The standard InChI is InChI=1S/C14H19BrO2/c1-10-8-13(9-11(2)14(10)15)17-7-5-12-4-3-6-16-12/h8-9,12H,3-7H2,1-2H3. The van der Waals surface area contributed by atoms with Gasteiger partial charge in [0.1, 0.15) is 5.75 Å². The SMILES string of the molecule is Cc1cc(OCCC2CCCO2)cc(C)c1Br. The highest BCUT2D eigenvalue weighted by atomic mass is 79.9. The first-order valence-electron chi connectivity index (χ1n) is 6.18. The van der Waals surface area contributed by atoms with Gasteiger partial charge in [0.15, 0.2) is 0 Å².